The number of hydrogen-bond donors (Lipinski definition) is 2. The minimum absolute atomic E-state index is 0.0740. The summed E-state index contributed by atoms with van der Waals surface area (Å²) in [5.74, 6) is -0.516. The average Bonchev–Trinajstić information content (AvgIpc) is 2.96. The van der Waals surface area contributed by atoms with E-state index in [4.69, 9.17) is 5.26 Å². The van der Waals surface area contributed by atoms with E-state index in [1.807, 2.05) is 21.8 Å². The van der Waals surface area contributed by atoms with E-state index in [1.165, 1.54) is 11.3 Å². The van der Waals surface area contributed by atoms with Gasteiger partial charge in [0.1, 0.15) is 5.69 Å². The zero-order valence-corrected chi connectivity index (χ0v) is 19.2. The molecule has 1 heterocycles. The maximum absolute atomic E-state index is 12.4. The van der Waals surface area contributed by atoms with Crippen LogP contribution in [0.3, 0.4) is 0 Å². The van der Waals surface area contributed by atoms with Gasteiger partial charge in [-0.1, -0.05) is 12.8 Å². The van der Waals surface area contributed by atoms with Crippen LogP contribution < -0.4 is 9.62 Å². The Hall–Kier alpha value is -2.48. The monoisotopic (exact) mass is 462 g/mol. The molecule has 1 amide bonds. The molecule has 166 valence electrons. The second kappa shape index (κ2) is 9.77. The van der Waals surface area contributed by atoms with Crippen LogP contribution in [-0.2, 0) is 10.0 Å². The Morgan fingerprint density at radius 1 is 1.32 bits per heavy atom. The van der Waals surface area contributed by atoms with Crippen molar-refractivity contribution in [3.05, 3.63) is 40.4 Å². The number of rotatable bonds is 6. The highest BCUT2D eigenvalue weighted by molar-refractivity contribution is 7.89. The van der Waals surface area contributed by atoms with Crippen molar-refractivity contribution in [3.63, 3.8) is 0 Å². The number of amides is 1. The molecule has 1 aliphatic carbocycles. The highest BCUT2D eigenvalue weighted by Gasteiger charge is 2.26. The van der Waals surface area contributed by atoms with E-state index in [9.17, 15) is 18.3 Å². The molecule has 0 radical (unpaired) electrons. The predicted octanol–water partition coefficient (Wildman–Crippen LogP) is 3.09. The summed E-state index contributed by atoms with van der Waals surface area (Å²) in [6.07, 6.45) is 5.12. The van der Waals surface area contributed by atoms with Crippen LogP contribution >= 0.6 is 11.3 Å². The molecule has 0 saturated heterocycles. The van der Waals surface area contributed by atoms with Crippen molar-refractivity contribution in [2.24, 2.45) is 5.92 Å². The molecule has 1 aromatic heterocycles. The smallest absolute Gasteiger partial charge is 0.284 e. The van der Waals surface area contributed by atoms with Crippen LogP contribution in [0.5, 0.6) is 0 Å². The van der Waals surface area contributed by atoms with Crippen LogP contribution in [0.4, 0.5) is 10.8 Å². The van der Waals surface area contributed by atoms with E-state index in [-0.39, 0.29) is 17.7 Å². The number of nitrogens with zero attached hydrogens (tertiary/aromatic N) is 3. The fourth-order valence-corrected chi connectivity index (χ4v) is 5.16. The van der Waals surface area contributed by atoms with E-state index in [2.05, 4.69) is 11.1 Å². The van der Waals surface area contributed by atoms with E-state index in [0.717, 1.165) is 37.6 Å². The van der Waals surface area contributed by atoms with Crippen molar-refractivity contribution >= 4 is 38.1 Å². The summed E-state index contributed by atoms with van der Waals surface area (Å²) >= 11 is 1.31. The number of thiazole rings is 1. The minimum atomic E-state index is -3.70. The summed E-state index contributed by atoms with van der Waals surface area (Å²) < 4.78 is 24.9. The van der Waals surface area contributed by atoms with Gasteiger partial charge in [0.25, 0.3) is 5.91 Å². The van der Waals surface area contributed by atoms with Crippen molar-refractivity contribution < 1.29 is 18.3 Å². The van der Waals surface area contributed by atoms with Crippen LogP contribution in [0.1, 0.15) is 53.0 Å². The van der Waals surface area contributed by atoms with E-state index >= 15 is 0 Å². The number of aryl methyl sites for hydroxylation is 1. The largest absolute Gasteiger partial charge is 0.393 e. The molecule has 1 saturated carbocycles. The zero-order valence-electron chi connectivity index (χ0n) is 17.5. The molecule has 0 bridgehead atoms. The minimum Gasteiger partial charge on any atom is -0.393 e. The molecule has 1 fully saturated rings. The van der Waals surface area contributed by atoms with Crippen molar-refractivity contribution in [2.45, 2.75) is 45.1 Å². The van der Waals surface area contributed by atoms with E-state index < -0.39 is 15.9 Å². The van der Waals surface area contributed by atoms with Gasteiger partial charge in [0.2, 0.25) is 10.0 Å². The first kappa shape index (κ1) is 23.2. The molecule has 1 aliphatic rings. The number of nitriles is 1. The topological polar surface area (TPSA) is 123 Å². The fraction of sp³-hybridized carbons (Fsp3) is 0.476. The number of carbonyl (C=O) groups is 1. The van der Waals surface area contributed by atoms with Crippen LogP contribution in [0.25, 0.3) is 0 Å². The Balaban J connectivity index is 1.94. The van der Waals surface area contributed by atoms with Gasteiger partial charge in [-0.3, -0.25) is 4.79 Å². The van der Waals surface area contributed by atoms with Crippen LogP contribution in [0.2, 0.25) is 0 Å². The number of aromatic nitrogens is 1. The van der Waals surface area contributed by atoms with Gasteiger partial charge >= 0.3 is 0 Å². The van der Waals surface area contributed by atoms with Crippen molar-refractivity contribution in [3.8, 4) is 6.07 Å². The Bertz CT molecular complexity index is 1070. The second-order valence-corrected chi connectivity index (χ2v) is 10.8. The predicted molar refractivity (Wildman–Crippen MR) is 120 cm³/mol. The van der Waals surface area contributed by atoms with Gasteiger partial charge in [-0.05, 0) is 56.4 Å². The maximum atomic E-state index is 12.4. The lowest BCUT2D eigenvalue weighted by atomic mass is 9.98. The lowest BCUT2D eigenvalue weighted by Gasteiger charge is -2.27. The number of aliphatic hydroxyl groups is 1. The Morgan fingerprint density at radius 2 is 2.00 bits per heavy atom. The molecule has 2 aromatic rings. The SMILES string of the molecule is Cc1sc(N(C[C@H]2CCCC[C@H](O)C2)c2ccc(C#N)cc2)nc1C(=O)NS(C)(=O)=O. The van der Waals surface area contributed by atoms with Gasteiger partial charge in [-0.25, -0.2) is 18.1 Å². The molecule has 8 nitrogen and oxygen atoms in total. The number of anilines is 2. The van der Waals surface area contributed by atoms with Gasteiger partial charge in [0.05, 0.1) is 24.0 Å². The first-order valence-electron chi connectivity index (χ1n) is 10.1. The molecule has 2 atom stereocenters. The maximum Gasteiger partial charge on any atom is 0.284 e. The summed E-state index contributed by atoms with van der Waals surface area (Å²) in [4.78, 5) is 19.4. The second-order valence-electron chi connectivity index (χ2n) is 7.91. The van der Waals surface area contributed by atoms with E-state index in [0.29, 0.717) is 28.5 Å². The van der Waals surface area contributed by atoms with Crippen molar-refractivity contribution in [1.29, 1.82) is 5.26 Å². The number of hydrogen-bond acceptors (Lipinski definition) is 8. The lowest BCUT2D eigenvalue weighted by molar-refractivity contribution is 0.0977. The first-order chi connectivity index (χ1) is 14.7. The van der Waals surface area contributed by atoms with Gasteiger partial charge in [-0.15, -0.1) is 11.3 Å². The Morgan fingerprint density at radius 3 is 2.65 bits per heavy atom. The summed E-state index contributed by atoms with van der Waals surface area (Å²) in [6.45, 7) is 2.33. The van der Waals surface area contributed by atoms with Gasteiger partial charge in [0, 0.05) is 17.1 Å². The number of carbonyl (C=O) groups excluding carboxylic acids is 1. The van der Waals surface area contributed by atoms with Gasteiger partial charge < -0.3 is 10.0 Å². The molecule has 2 N–H and O–H groups in total. The molecule has 0 spiro atoms. The number of nitrogens with one attached hydrogen (secondary N) is 1. The van der Waals surface area contributed by atoms with Crippen LogP contribution in [-0.4, -0.2) is 43.3 Å². The molecule has 10 heteroatoms. The normalized spacial score (nSPS) is 19.3. The number of benzene rings is 1. The first-order valence-corrected chi connectivity index (χ1v) is 12.8. The summed E-state index contributed by atoms with van der Waals surface area (Å²) in [6, 6.07) is 9.22. The fourth-order valence-electron chi connectivity index (χ4n) is 3.79. The zero-order chi connectivity index (χ0) is 22.6. The number of aliphatic hydroxyl groups excluding tert-OH is 1. The molecule has 0 aliphatic heterocycles. The average molecular weight is 463 g/mol. The van der Waals surface area contributed by atoms with Crippen molar-refractivity contribution in [1.82, 2.24) is 9.71 Å². The molecular formula is C21H26N4O4S2. The molecular weight excluding hydrogens is 436 g/mol. The molecule has 0 unspecified atom stereocenters. The highest BCUT2D eigenvalue weighted by Crippen LogP contribution is 2.35. The van der Waals surface area contributed by atoms with Gasteiger partial charge in [0.15, 0.2) is 5.13 Å². The third kappa shape index (κ3) is 6.26. The Kier molecular flexibility index (Phi) is 7.30. The molecule has 31 heavy (non-hydrogen) atoms. The molecule has 1 aromatic carbocycles. The summed E-state index contributed by atoms with van der Waals surface area (Å²) in [5, 5.41) is 19.9. The standard InChI is InChI=1S/C21H26N4O4S2/c1-14-19(20(27)24-31(2,28)29)23-21(30-14)25(17-9-7-15(12-22)8-10-17)13-16-5-3-4-6-18(26)11-16/h7-10,16,18,26H,3-6,11,13H2,1-2H3,(H,24,27)/t16-,18-/m0/s1. The molecule has 3 rings (SSSR count). The highest BCUT2D eigenvalue weighted by atomic mass is 32.2. The van der Waals surface area contributed by atoms with Gasteiger partial charge in [-0.2, -0.15) is 5.26 Å². The summed E-state index contributed by atoms with van der Waals surface area (Å²) in [7, 11) is -3.70. The number of sulfonamides is 1. The van der Waals surface area contributed by atoms with Crippen LogP contribution in [0, 0.1) is 24.2 Å². The lowest BCUT2D eigenvalue weighted by Crippen LogP contribution is -2.30. The third-order valence-electron chi connectivity index (χ3n) is 5.26. The van der Waals surface area contributed by atoms with Crippen molar-refractivity contribution in [2.75, 3.05) is 17.7 Å². The van der Waals surface area contributed by atoms with Crippen LogP contribution in [0.15, 0.2) is 24.3 Å². The summed E-state index contributed by atoms with van der Waals surface area (Å²) in [5.41, 5.74) is 1.43. The van der Waals surface area contributed by atoms with E-state index in [1.54, 1.807) is 19.1 Å². The quantitative estimate of drug-likeness (QED) is 0.632. The third-order valence-corrected chi connectivity index (χ3v) is 6.81. The Labute approximate surface area is 186 Å².